The second-order valence-electron chi connectivity index (χ2n) is 7.40. The molecule has 1 atom stereocenters. The van der Waals surface area contributed by atoms with E-state index in [9.17, 15) is 0 Å². The Kier molecular flexibility index (Phi) is 5.90. The van der Waals surface area contributed by atoms with E-state index in [1.807, 2.05) is 30.5 Å². The Balaban J connectivity index is 1.81. The summed E-state index contributed by atoms with van der Waals surface area (Å²) in [6, 6.07) is 18.8. The molecule has 0 radical (unpaired) electrons. The highest BCUT2D eigenvalue weighted by Crippen LogP contribution is 2.38. The Morgan fingerprint density at radius 2 is 1.74 bits per heavy atom. The van der Waals surface area contributed by atoms with Crippen LogP contribution in [0.15, 0.2) is 67.0 Å². The van der Waals surface area contributed by atoms with Crippen molar-refractivity contribution >= 4 is 0 Å². The van der Waals surface area contributed by atoms with Crippen LogP contribution in [0, 0.1) is 5.92 Å². The number of nitrogens with zero attached hydrogens (tertiary/aromatic N) is 2. The zero-order valence-electron chi connectivity index (χ0n) is 16.6. The first-order chi connectivity index (χ1) is 13.0. The standard InChI is InChI=1S/C24H28N2O/c1-5-19-9-11-20(12-10-19)24(4,18(2)3)23-14-13-22(16-26-23)27-17-21-8-6-7-15-25-21/h6-16,18H,5,17H2,1-4H3. The molecule has 0 aliphatic carbocycles. The number of aryl methyl sites for hydroxylation is 1. The van der Waals surface area contributed by atoms with Crippen LogP contribution in [0.5, 0.6) is 5.75 Å². The predicted octanol–water partition coefficient (Wildman–Crippen LogP) is 5.58. The number of hydrogen-bond acceptors (Lipinski definition) is 3. The van der Waals surface area contributed by atoms with E-state index in [0.717, 1.165) is 23.6 Å². The summed E-state index contributed by atoms with van der Waals surface area (Å²) in [7, 11) is 0. The van der Waals surface area contributed by atoms with Crippen molar-refractivity contribution in [1.29, 1.82) is 0 Å². The molecule has 0 bridgehead atoms. The molecule has 0 saturated heterocycles. The molecule has 0 fully saturated rings. The summed E-state index contributed by atoms with van der Waals surface area (Å²) >= 11 is 0. The van der Waals surface area contributed by atoms with Gasteiger partial charge in [-0.25, -0.2) is 0 Å². The summed E-state index contributed by atoms with van der Waals surface area (Å²) in [5.41, 5.74) is 4.48. The quantitative estimate of drug-likeness (QED) is 0.552. The average molecular weight is 361 g/mol. The molecule has 2 aromatic heterocycles. The lowest BCUT2D eigenvalue weighted by Gasteiger charge is -2.34. The summed E-state index contributed by atoms with van der Waals surface area (Å²) < 4.78 is 5.83. The van der Waals surface area contributed by atoms with Gasteiger partial charge in [0.1, 0.15) is 12.4 Å². The fraction of sp³-hybridized carbons (Fsp3) is 0.333. The summed E-state index contributed by atoms with van der Waals surface area (Å²) in [5.74, 6) is 1.18. The zero-order chi connectivity index (χ0) is 19.3. The monoisotopic (exact) mass is 360 g/mol. The molecule has 0 aliphatic heterocycles. The van der Waals surface area contributed by atoms with E-state index in [1.165, 1.54) is 11.1 Å². The minimum Gasteiger partial charge on any atom is -0.486 e. The van der Waals surface area contributed by atoms with Gasteiger partial charge in [-0.05, 0) is 54.7 Å². The van der Waals surface area contributed by atoms with Crippen molar-refractivity contribution in [3.63, 3.8) is 0 Å². The molecule has 27 heavy (non-hydrogen) atoms. The van der Waals surface area contributed by atoms with E-state index >= 15 is 0 Å². The van der Waals surface area contributed by atoms with Crippen LogP contribution in [0.25, 0.3) is 0 Å². The highest BCUT2D eigenvalue weighted by Gasteiger charge is 2.33. The van der Waals surface area contributed by atoms with Gasteiger partial charge in [0.15, 0.2) is 0 Å². The zero-order valence-corrected chi connectivity index (χ0v) is 16.6. The average Bonchev–Trinajstić information content (AvgIpc) is 2.72. The topological polar surface area (TPSA) is 35.0 Å². The molecule has 0 amide bonds. The molecule has 1 unspecified atom stereocenters. The molecule has 140 valence electrons. The molecule has 3 rings (SSSR count). The van der Waals surface area contributed by atoms with Crippen molar-refractivity contribution in [3.05, 3.63) is 89.5 Å². The molecule has 0 N–H and O–H groups in total. The summed E-state index contributed by atoms with van der Waals surface area (Å²) in [5, 5.41) is 0. The van der Waals surface area contributed by atoms with Crippen LogP contribution in [-0.2, 0) is 18.4 Å². The van der Waals surface area contributed by atoms with Crippen molar-refractivity contribution in [2.75, 3.05) is 0 Å². The van der Waals surface area contributed by atoms with Crippen molar-refractivity contribution in [2.24, 2.45) is 5.92 Å². The van der Waals surface area contributed by atoms with Gasteiger partial charge in [-0.2, -0.15) is 0 Å². The highest BCUT2D eigenvalue weighted by molar-refractivity contribution is 5.38. The van der Waals surface area contributed by atoms with Crippen molar-refractivity contribution in [3.8, 4) is 5.75 Å². The number of aromatic nitrogens is 2. The molecular weight excluding hydrogens is 332 g/mol. The van der Waals surface area contributed by atoms with Gasteiger partial charge in [0.05, 0.1) is 17.6 Å². The Morgan fingerprint density at radius 1 is 0.963 bits per heavy atom. The second kappa shape index (κ2) is 8.34. The van der Waals surface area contributed by atoms with E-state index in [2.05, 4.69) is 63.0 Å². The molecule has 2 heterocycles. The van der Waals surface area contributed by atoms with Crippen molar-refractivity contribution in [2.45, 2.75) is 46.1 Å². The van der Waals surface area contributed by atoms with Gasteiger partial charge >= 0.3 is 0 Å². The van der Waals surface area contributed by atoms with E-state index in [1.54, 1.807) is 6.20 Å². The van der Waals surface area contributed by atoms with Gasteiger partial charge in [0.2, 0.25) is 0 Å². The van der Waals surface area contributed by atoms with Gasteiger partial charge in [-0.1, -0.05) is 51.1 Å². The van der Waals surface area contributed by atoms with Gasteiger partial charge in [-0.15, -0.1) is 0 Å². The van der Waals surface area contributed by atoms with Crippen LogP contribution in [0.2, 0.25) is 0 Å². The number of benzene rings is 1. The van der Waals surface area contributed by atoms with Crippen molar-refractivity contribution in [1.82, 2.24) is 9.97 Å². The molecular formula is C24H28N2O. The van der Waals surface area contributed by atoms with Gasteiger partial charge in [0, 0.05) is 11.6 Å². The summed E-state index contributed by atoms with van der Waals surface area (Å²) in [6.07, 6.45) is 4.65. The van der Waals surface area contributed by atoms with E-state index < -0.39 is 0 Å². The highest BCUT2D eigenvalue weighted by atomic mass is 16.5. The minimum absolute atomic E-state index is 0.147. The smallest absolute Gasteiger partial charge is 0.138 e. The third kappa shape index (κ3) is 4.19. The van der Waals surface area contributed by atoms with Crippen LogP contribution in [0.4, 0.5) is 0 Å². The molecule has 3 heteroatoms. The van der Waals surface area contributed by atoms with Crippen molar-refractivity contribution < 1.29 is 4.74 Å². The normalized spacial score (nSPS) is 13.4. The molecule has 3 aromatic rings. The van der Waals surface area contributed by atoms with Crippen LogP contribution in [0.1, 0.15) is 50.2 Å². The Morgan fingerprint density at radius 3 is 2.30 bits per heavy atom. The van der Waals surface area contributed by atoms with Crippen LogP contribution in [0.3, 0.4) is 0 Å². The second-order valence-corrected chi connectivity index (χ2v) is 7.40. The third-order valence-corrected chi connectivity index (χ3v) is 5.50. The van der Waals surface area contributed by atoms with Gasteiger partial charge in [0.25, 0.3) is 0 Å². The molecule has 0 saturated carbocycles. The first kappa shape index (κ1) is 19.1. The molecule has 3 nitrogen and oxygen atoms in total. The maximum atomic E-state index is 5.83. The van der Waals surface area contributed by atoms with E-state index in [4.69, 9.17) is 9.72 Å². The lowest BCUT2D eigenvalue weighted by Crippen LogP contribution is -2.31. The molecule has 0 aliphatic rings. The first-order valence-corrected chi connectivity index (χ1v) is 9.62. The van der Waals surface area contributed by atoms with Crippen LogP contribution >= 0.6 is 0 Å². The Labute approximate surface area is 162 Å². The van der Waals surface area contributed by atoms with Gasteiger partial charge in [-0.3, -0.25) is 9.97 Å². The fourth-order valence-corrected chi connectivity index (χ4v) is 3.28. The Bertz CT molecular complexity index is 842. The fourth-order valence-electron chi connectivity index (χ4n) is 3.28. The SMILES string of the molecule is CCc1ccc(C(C)(c2ccc(OCc3ccccn3)cn2)C(C)C)cc1. The Hall–Kier alpha value is -2.68. The molecule has 0 spiro atoms. The number of rotatable bonds is 7. The lowest BCUT2D eigenvalue weighted by atomic mass is 9.70. The number of ether oxygens (including phenoxy) is 1. The first-order valence-electron chi connectivity index (χ1n) is 9.62. The summed E-state index contributed by atoms with van der Waals surface area (Å²) in [6.45, 7) is 9.40. The third-order valence-electron chi connectivity index (χ3n) is 5.50. The van der Waals surface area contributed by atoms with Crippen LogP contribution < -0.4 is 4.74 Å². The summed E-state index contributed by atoms with van der Waals surface area (Å²) in [4.78, 5) is 9.04. The maximum absolute atomic E-state index is 5.83. The number of pyridine rings is 2. The lowest BCUT2D eigenvalue weighted by molar-refractivity contribution is 0.299. The number of hydrogen-bond donors (Lipinski definition) is 0. The maximum Gasteiger partial charge on any atom is 0.138 e. The minimum atomic E-state index is -0.147. The molecule has 1 aromatic carbocycles. The van der Waals surface area contributed by atoms with Crippen LogP contribution in [-0.4, -0.2) is 9.97 Å². The predicted molar refractivity (Wildman–Crippen MR) is 110 cm³/mol. The largest absolute Gasteiger partial charge is 0.486 e. The van der Waals surface area contributed by atoms with E-state index in [-0.39, 0.29) is 5.41 Å². The van der Waals surface area contributed by atoms with Gasteiger partial charge < -0.3 is 4.74 Å². The van der Waals surface area contributed by atoms with E-state index in [0.29, 0.717) is 12.5 Å².